The number of sulfone groups is 1. The minimum absolute atomic E-state index is 0.0498. The van der Waals surface area contributed by atoms with Gasteiger partial charge in [0.2, 0.25) is 5.91 Å². The normalized spacial score (nSPS) is 18.7. The number of carbonyl (C=O) groups is 1. The Hall–Kier alpha value is -2.15. The van der Waals surface area contributed by atoms with Crippen LogP contribution < -0.4 is 5.32 Å². The van der Waals surface area contributed by atoms with Gasteiger partial charge >= 0.3 is 0 Å². The van der Waals surface area contributed by atoms with Gasteiger partial charge in [0.05, 0.1) is 12.2 Å². The lowest BCUT2D eigenvalue weighted by Gasteiger charge is -2.27. The van der Waals surface area contributed by atoms with Gasteiger partial charge in [-0.1, -0.05) is 24.3 Å². The molecule has 128 valence electrons. The smallest absolute Gasteiger partial charge is 0.243 e. The zero-order valence-corrected chi connectivity index (χ0v) is 14.6. The number of hydrogen-bond donors (Lipinski definition) is 1. The lowest BCUT2D eigenvalue weighted by atomic mass is 9.88. The predicted molar refractivity (Wildman–Crippen MR) is 92.7 cm³/mol. The number of aryl methyl sites for hydroxylation is 1. The first kappa shape index (κ1) is 16.7. The van der Waals surface area contributed by atoms with E-state index in [4.69, 9.17) is 0 Å². The van der Waals surface area contributed by atoms with E-state index >= 15 is 0 Å². The van der Waals surface area contributed by atoms with Gasteiger partial charge in [-0.25, -0.2) is 13.1 Å². The first-order chi connectivity index (χ1) is 11.4. The molecule has 0 unspecified atom stereocenters. The summed E-state index contributed by atoms with van der Waals surface area (Å²) >= 11 is 0. The van der Waals surface area contributed by atoms with Gasteiger partial charge in [-0.3, -0.25) is 4.79 Å². The molecule has 0 saturated carbocycles. The van der Waals surface area contributed by atoms with Crippen LogP contribution in [0.3, 0.4) is 0 Å². The topological polar surface area (TPSA) is 81.1 Å². The second kappa shape index (κ2) is 6.39. The molecular formula is C17H21N3O3S. The van der Waals surface area contributed by atoms with Gasteiger partial charge in [-0.05, 0) is 37.3 Å². The van der Waals surface area contributed by atoms with Crippen molar-refractivity contribution in [2.45, 2.75) is 37.5 Å². The summed E-state index contributed by atoms with van der Waals surface area (Å²) in [5, 5.41) is 5.98. The highest BCUT2D eigenvalue weighted by Crippen LogP contribution is 2.34. The Morgan fingerprint density at radius 2 is 2.08 bits per heavy atom. The molecule has 2 aromatic rings. The van der Waals surface area contributed by atoms with Gasteiger partial charge < -0.3 is 5.32 Å². The van der Waals surface area contributed by atoms with Crippen LogP contribution in [0.1, 0.15) is 36.9 Å². The SMILES string of the molecule is C[C@@H](C(=O)Nc1ccnn1[C@@H]1CCCc2ccccc21)S(C)(=O)=O. The number of nitrogens with one attached hydrogen (secondary N) is 1. The summed E-state index contributed by atoms with van der Waals surface area (Å²) in [6, 6.07) is 9.99. The Balaban J connectivity index is 1.88. The highest BCUT2D eigenvalue weighted by molar-refractivity contribution is 7.92. The van der Waals surface area contributed by atoms with Gasteiger partial charge in [-0.2, -0.15) is 5.10 Å². The highest BCUT2D eigenvalue weighted by Gasteiger charge is 2.27. The summed E-state index contributed by atoms with van der Waals surface area (Å²) in [4.78, 5) is 12.2. The molecule has 0 fully saturated rings. The van der Waals surface area contributed by atoms with Crippen molar-refractivity contribution in [2.24, 2.45) is 0 Å². The van der Waals surface area contributed by atoms with Crippen molar-refractivity contribution in [3.05, 3.63) is 47.7 Å². The molecule has 1 heterocycles. The molecule has 1 amide bonds. The molecule has 1 aliphatic rings. The average molecular weight is 347 g/mol. The number of nitrogens with zero attached hydrogens (tertiary/aromatic N) is 2. The minimum atomic E-state index is -3.43. The van der Waals surface area contributed by atoms with Crippen LogP contribution in [0.4, 0.5) is 5.82 Å². The van der Waals surface area contributed by atoms with Crippen LogP contribution in [0.25, 0.3) is 0 Å². The predicted octanol–water partition coefficient (Wildman–Crippen LogP) is 2.18. The molecule has 0 bridgehead atoms. The molecule has 0 saturated heterocycles. The van der Waals surface area contributed by atoms with E-state index in [1.54, 1.807) is 16.9 Å². The quantitative estimate of drug-likeness (QED) is 0.919. The van der Waals surface area contributed by atoms with Crippen molar-refractivity contribution < 1.29 is 13.2 Å². The van der Waals surface area contributed by atoms with Crippen molar-refractivity contribution in [1.29, 1.82) is 0 Å². The number of aromatic nitrogens is 2. The zero-order chi connectivity index (χ0) is 17.3. The summed E-state index contributed by atoms with van der Waals surface area (Å²) in [5.41, 5.74) is 2.50. The molecule has 0 radical (unpaired) electrons. The van der Waals surface area contributed by atoms with E-state index in [0.29, 0.717) is 5.82 Å². The third kappa shape index (κ3) is 3.21. The summed E-state index contributed by atoms with van der Waals surface area (Å²) in [6.07, 6.45) is 5.71. The molecular weight excluding hydrogens is 326 g/mol. The van der Waals surface area contributed by atoms with Crippen molar-refractivity contribution in [1.82, 2.24) is 9.78 Å². The fraction of sp³-hybridized carbons (Fsp3) is 0.412. The Morgan fingerprint density at radius 1 is 1.33 bits per heavy atom. The first-order valence-corrected chi connectivity index (χ1v) is 9.94. The van der Waals surface area contributed by atoms with Gasteiger partial charge in [0.25, 0.3) is 0 Å². The van der Waals surface area contributed by atoms with Gasteiger partial charge in [0.1, 0.15) is 11.1 Å². The second-order valence-corrected chi connectivity index (χ2v) is 8.60. The van der Waals surface area contributed by atoms with Gasteiger partial charge in [-0.15, -0.1) is 0 Å². The van der Waals surface area contributed by atoms with Crippen LogP contribution in [-0.2, 0) is 21.1 Å². The number of fused-ring (bicyclic) bond motifs is 1. The molecule has 7 heteroatoms. The Kier molecular flexibility index (Phi) is 4.45. The minimum Gasteiger partial charge on any atom is -0.310 e. The molecule has 1 N–H and O–H groups in total. The van der Waals surface area contributed by atoms with E-state index in [1.165, 1.54) is 18.1 Å². The van der Waals surface area contributed by atoms with Crippen LogP contribution in [0.15, 0.2) is 36.5 Å². The summed E-state index contributed by atoms with van der Waals surface area (Å²) < 4.78 is 24.9. The van der Waals surface area contributed by atoms with Gasteiger partial charge in [0, 0.05) is 12.3 Å². The average Bonchev–Trinajstić information content (AvgIpc) is 3.00. The van der Waals surface area contributed by atoms with E-state index in [1.807, 2.05) is 12.1 Å². The standard InChI is InChI=1S/C17H21N3O3S/c1-12(24(2,22)23)17(21)19-16-10-11-18-20(16)15-9-5-7-13-6-3-4-8-14(13)15/h3-4,6,8,10-12,15H,5,7,9H2,1-2H3,(H,19,21)/t12-,15+/m0/s1. The lowest BCUT2D eigenvalue weighted by molar-refractivity contribution is -0.115. The molecule has 3 rings (SSSR count). The molecule has 1 aromatic heterocycles. The summed E-state index contributed by atoms with van der Waals surface area (Å²) in [7, 11) is -3.43. The third-order valence-electron chi connectivity index (χ3n) is 4.57. The van der Waals surface area contributed by atoms with Crippen LogP contribution in [0.2, 0.25) is 0 Å². The summed E-state index contributed by atoms with van der Waals surface area (Å²) in [6.45, 7) is 1.39. The third-order valence-corrected chi connectivity index (χ3v) is 6.06. The largest absolute Gasteiger partial charge is 0.310 e. The monoisotopic (exact) mass is 347 g/mol. The Morgan fingerprint density at radius 3 is 2.83 bits per heavy atom. The van der Waals surface area contributed by atoms with E-state index in [-0.39, 0.29) is 6.04 Å². The Bertz CT molecular complexity index is 857. The fourth-order valence-electron chi connectivity index (χ4n) is 3.07. The van der Waals surface area contributed by atoms with Crippen LogP contribution in [0.5, 0.6) is 0 Å². The summed E-state index contributed by atoms with van der Waals surface area (Å²) in [5.74, 6) is -0.0134. The second-order valence-electron chi connectivity index (χ2n) is 6.23. The lowest BCUT2D eigenvalue weighted by Crippen LogP contribution is -2.33. The number of anilines is 1. The Labute approximate surface area is 141 Å². The number of hydrogen-bond acceptors (Lipinski definition) is 4. The number of rotatable bonds is 4. The molecule has 2 atom stereocenters. The van der Waals surface area contributed by atoms with Crippen LogP contribution in [-0.4, -0.2) is 35.6 Å². The maximum absolute atomic E-state index is 12.2. The van der Waals surface area contributed by atoms with Crippen molar-refractivity contribution >= 4 is 21.6 Å². The van der Waals surface area contributed by atoms with Crippen LogP contribution in [0, 0.1) is 0 Å². The van der Waals surface area contributed by atoms with Crippen LogP contribution >= 0.6 is 0 Å². The first-order valence-electron chi connectivity index (χ1n) is 7.99. The van der Waals surface area contributed by atoms with Gasteiger partial charge in [0.15, 0.2) is 9.84 Å². The van der Waals surface area contributed by atoms with Crippen molar-refractivity contribution in [3.8, 4) is 0 Å². The maximum atomic E-state index is 12.2. The molecule has 24 heavy (non-hydrogen) atoms. The number of benzene rings is 1. The zero-order valence-electron chi connectivity index (χ0n) is 13.8. The molecule has 1 aromatic carbocycles. The molecule has 6 nitrogen and oxygen atoms in total. The molecule has 1 aliphatic carbocycles. The highest BCUT2D eigenvalue weighted by atomic mass is 32.2. The van der Waals surface area contributed by atoms with E-state index in [9.17, 15) is 13.2 Å². The van der Waals surface area contributed by atoms with E-state index in [2.05, 4.69) is 22.5 Å². The van der Waals surface area contributed by atoms with Crippen molar-refractivity contribution in [3.63, 3.8) is 0 Å². The fourth-order valence-corrected chi connectivity index (χ4v) is 3.51. The number of carbonyl (C=O) groups excluding carboxylic acids is 1. The maximum Gasteiger partial charge on any atom is 0.243 e. The van der Waals surface area contributed by atoms with E-state index < -0.39 is 21.0 Å². The van der Waals surface area contributed by atoms with Crippen molar-refractivity contribution in [2.75, 3.05) is 11.6 Å². The van der Waals surface area contributed by atoms with E-state index in [0.717, 1.165) is 25.5 Å². The number of amides is 1. The molecule has 0 aliphatic heterocycles. The molecule has 0 spiro atoms.